The molecule has 1 aliphatic rings. The Morgan fingerprint density at radius 2 is 1.77 bits per heavy atom. The number of anilines is 1. The molecular weight excluding hydrogens is 445 g/mol. The van der Waals surface area contributed by atoms with Crippen molar-refractivity contribution in [2.45, 2.75) is 13.3 Å². The minimum absolute atomic E-state index is 0. The Kier molecular flexibility index (Phi) is 10.8. The number of halogens is 1. The summed E-state index contributed by atoms with van der Waals surface area (Å²) >= 11 is 0. The fourth-order valence-electron chi connectivity index (χ4n) is 2.73. The minimum Gasteiger partial charge on any atom is -0.450 e. The van der Waals surface area contributed by atoms with Crippen LogP contribution in [0.15, 0.2) is 35.3 Å². The van der Waals surface area contributed by atoms with Crippen LogP contribution in [0.3, 0.4) is 0 Å². The van der Waals surface area contributed by atoms with E-state index in [1.165, 1.54) is 0 Å². The molecule has 1 aromatic carbocycles. The molecule has 1 heterocycles. The van der Waals surface area contributed by atoms with Gasteiger partial charge in [-0.2, -0.15) is 0 Å². The second-order valence-electron chi connectivity index (χ2n) is 5.79. The number of piperazine rings is 1. The van der Waals surface area contributed by atoms with E-state index in [9.17, 15) is 4.79 Å². The van der Waals surface area contributed by atoms with Crippen molar-refractivity contribution >= 4 is 41.7 Å². The van der Waals surface area contributed by atoms with Crippen molar-refractivity contribution in [3.05, 3.63) is 30.3 Å². The van der Waals surface area contributed by atoms with Gasteiger partial charge in [-0.1, -0.05) is 18.2 Å². The maximum Gasteiger partial charge on any atom is 0.409 e. The summed E-state index contributed by atoms with van der Waals surface area (Å²) in [6, 6.07) is 10.2. The monoisotopic (exact) mass is 475 g/mol. The molecule has 0 aromatic heterocycles. The zero-order valence-electron chi connectivity index (χ0n) is 15.6. The molecule has 0 radical (unpaired) electrons. The molecule has 0 bridgehead atoms. The summed E-state index contributed by atoms with van der Waals surface area (Å²) < 4.78 is 5.05. The number of rotatable bonds is 6. The van der Waals surface area contributed by atoms with Crippen LogP contribution in [0.2, 0.25) is 0 Å². The fourth-order valence-corrected chi connectivity index (χ4v) is 2.73. The van der Waals surface area contributed by atoms with Gasteiger partial charge in [0.05, 0.1) is 6.61 Å². The maximum absolute atomic E-state index is 11.7. The van der Waals surface area contributed by atoms with Gasteiger partial charge in [-0.25, -0.2) is 4.79 Å². The lowest BCUT2D eigenvalue weighted by molar-refractivity contribution is 0.0914. The number of nitrogens with zero attached hydrogens (tertiary/aromatic N) is 3. The number of para-hydroxylation sites is 1. The SMILES string of the molecule is CCOC(=O)N1CCN(C(=NC)NCCCNc2ccccc2)CC1.I. The van der Waals surface area contributed by atoms with Crippen LogP contribution in [-0.4, -0.2) is 74.8 Å². The van der Waals surface area contributed by atoms with Gasteiger partial charge in [0.15, 0.2) is 5.96 Å². The Balaban J connectivity index is 0.00000338. The van der Waals surface area contributed by atoms with Crippen LogP contribution < -0.4 is 10.6 Å². The molecule has 8 heteroatoms. The largest absolute Gasteiger partial charge is 0.450 e. The van der Waals surface area contributed by atoms with Crippen LogP contribution >= 0.6 is 24.0 Å². The molecule has 1 saturated heterocycles. The summed E-state index contributed by atoms with van der Waals surface area (Å²) in [7, 11) is 1.79. The van der Waals surface area contributed by atoms with Gasteiger partial charge in [0, 0.05) is 52.0 Å². The first-order valence-corrected chi connectivity index (χ1v) is 8.90. The van der Waals surface area contributed by atoms with E-state index >= 15 is 0 Å². The molecule has 146 valence electrons. The highest BCUT2D eigenvalue weighted by molar-refractivity contribution is 14.0. The van der Waals surface area contributed by atoms with Crippen molar-refractivity contribution in [3.8, 4) is 0 Å². The number of guanidine groups is 1. The quantitative estimate of drug-likeness (QED) is 0.287. The number of aliphatic imine (C=N–C) groups is 1. The number of benzene rings is 1. The summed E-state index contributed by atoms with van der Waals surface area (Å²) in [5, 5.41) is 6.79. The Labute approximate surface area is 173 Å². The number of carbonyl (C=O) groups excluding carboxylic acids is 1. The summed E-state index contributed by atoms with van der Waals surface area (Å²) in [6.45, 7) is 6.85. The van der Waals surface area contributed by atoms with Crippen molar-refractivity contribution in [3.63, 3.8) is 0 Å². The highest BCUT2D eigenvalue weighted by Crippen LogP contribution is 2.05. The van der Waals surface area contributed by atoms with Gasteiger partial charge < -0.3 is 25.2 Å². The Morgan fingerprint density at radius 1 is 1.12 bits per heavy atom. The number of hydrogen-bond acceptors (Lipinski definition) is 4. The van der Waals surface area contributed by atoms with Crippen LogP contribution in [-0.2, 0) is 4.74 Å². The van der Waals surface area contributed by atoms with Crippen LogP contribution in [0, 0.1) is 0 Å². The molecular formula is C18H30IN5O2. The number of amides is 1. The Morgan fingerprint density at radius 3 is 2.38 bits per heavy atom. The number of nitrogens with one attached hydrogen (secondary N) is 2. The van der Waals surface area contributed by atoms with Crippen molar-refractivity contribution in [2.24, 2.45) is 4.99 Å². The van der Waals surface area contributed by atoms with E-state index < -0.39 is 0 Å². The predicted octanol–water partition coefficient (Wildman–Crippen LogP) is 2.46. The molecule has 26 heavy (non-hydrogen) atoms. The molecule has 0 atom stereocenters. The van der Waals surface area contributed by atoms with Crippen LogP contribution in [0.5, 0.6) is 0 Å². The van der Waals surface area contributed by atoms with Crippen molar-refractivity contribution in [1.29, 1.82) is 0 Å². The predicted molar refractivity (Wildman–Crippen MR) is 116 cm³/mol. The van der Waals surface area contributed by atoms with Gasteiger partial charge in [0.25, 0.3) is 0 Å². The molecule has 1 amide bonds. The van der Waals surface area contributed by atoms with Gasteiger partial charge in [0.2, 0.25) is 0 Å². The van der Waals surface area contributed by atoms with Crippen molar-refractivity contribution in [2.75, 3.05) is 58.2 Å². The van der Waals surface area contributed by atoms with E-state index in [1.54, 1.807) is 11.9 Å². The van der Waals surface area contributed by atoms with E-state index in [1.807, 2.05) is 25.1 Å². The molecule has 2 N–H and O–H groups in total. The standard InChI is InChI=1S/C18H29N5O2.HI/c1-3-25-18(24)23-14-12-22(13-15-23)17(19-2)21-11-7-10-20-16-8-5-4-6-9-16;/h4-6,8-9,20H,3,7,10-15H2,1-2H3,(H,19,21);1H. The maximum atomic E-state index is 11.7. The lowest BCUT2D eigenvalue weighted by Crippen LogP contribution is -2.54. The third-order valence-corrected chi connectivity index (χ3v) is 4.06. The highest BCUT2D eigenvalue weighted by atomic mass is 127. The average molecular weight is 475 g/mol. The Hall–Kier alpha value is -1.71. The summed E-state index contributed by atoms with van der Waals surface area (Å²) in [4.78, 5) is 20.0. The topological polar surface area (TPSA) is 69.2 Å². The molecule has 1 fully saturated rings. The lowest BCUT2D eigenvalue weighted by Gasteiger charge is -2.35. The first kappa shape index (κ1) is 22.3. The zero-order chi connectivity index (χ0) is 17.9. The van der Waals surface area contributed by atoms with Crippen molar-refractivity contribution < 1.29 is 9.53 Å². The van der Waals surface area contributed by atoms with Gasteiger partial charge in [-0.05, 0) is 25.5 Å². The molecule has 0 unspecified atom stereocenters. The molecule has 1 aromatic rings. The summed E-state index contributed by atoms with van der Waals surface area (Å²) in [6.07, 6.45) is 0.772. The molecule has 7 nitrogen and oxygen atoms in total. The van der Waals surface area contributed by atoms with Gasteiger partial charge in [0.1, 0.15) is 0 Å². The highest BCUT2D eigenvalue weighted by Gasteiger charge is 2.23. The molecule has 2 rings (SSSR count). The van der Waals surface area contributed by atoms with E-state index in [0.29, 0.717) is 19.7 Å². The summed E-state index contributed by atoms with van der Waals surface area (Å²) in [5.74, 6) is 0.892. The first-order chi connectivity index (χ1) is 12.2. The van der Waals surface area contributed by atoms with Crippen LogP contribution in [0.4, 0.5) is 10.5 Å². The van der Waals surface area contributed by atoms with Crippen LogP contribution in [0.25, 0.3) is 0 Å². The molecule has 0 spiro atoms. The fraction of sp³-hybridized carbons (Fsp3) is 0.556. The third-order valence-electron chi connectivity index (χ3n) is 4.06. The zero-order valence-corrected chi connectivity index (χ0v) is 17.9. The second kappa shape index (κ2) is 12.6. The summed E-state index contributed by atoms with van der Waals surface area (Å²) in [5.41, 5.74) is 1.14. The van der Waals surface area contributed by atoms with Crippen molar-refractivity contribution in [1.82, 2.24) is 15.1 Å². The normalized spacial score (nSPS) is 14.5. The smallest absolute Gasteiger partial charge is 0.409 e. The molecule has 0 saturated carbocycles. The number of carbonyl (C=O) groups is 1. The van der Waals surface area contributed by atoms with E-state index in [4.69, 9.17) is 4.74 Å². The van der Waals surface area contributed by atoms with Gasteiger partial charge in [-0.3, -0.25) is 4.99 Å². The minimum atomic E-state index is -0.225. The first-order valence-electron chi connectivity index (χ1n) is 8.90. The second-order valence-corrected chi connectivity index (χ2v) is 5.79. The van der Waals surface area contributed by atoms with E-state index in [-0.39, 0.29) is 30.1 Å². The number of hydrogen-bond donors (Lipinski definition) is 2. The number of ether oxygens (including phenoxy) is 1. The van der Waals surface area contributed by atoms with Gasteiger partial charge >= 0.3 is 6.09 Å². The Bertz CT molecular complexity index is 548. The third kappa shape index (κ3) is 7.27. The van der Waals surface area contributed by atoms with Crippen LogP contribution in [0.1, 0.15) is 13.3 Å². The molecule has 0 aliphatic carbocycles. The van der Waals surface area contributed by atoms with E-state index in [2.05, 4.69) is 32.7 Å². The van der Waals surface area contributed by atoms with E-state index in [0.717, 1.165) is 44.2 Å². The average Bonchev–Trinajstić information content (AvgIpc) is 2.66. The molecule has 1 aliphatic heterocycles. The lowest BCUT2D eigenvalue weighted by atomic mass is 10.3. The van der Waals surface area contributed by atoms with Gasteiger partial charge in [-0.15, -0.1) is 24.0 Å².